The zero-order chi connectivity index (χ0) is 27.9. The molecule has 2 aliphatic heterocycles. The third-order valence-corrected chi connectivity index (χ3v) is 7.80. The van der Waals surface area contributed by atoms with Gasteiger partial charge in [-0.2, -0.15) is 26.3 Å². The van der Waals surface area contributed by atoms with Crippen LogP contribution < -0.4 is 16.4 Å². The van der Waals surface area contributed by atoms with Crippen LogP contribution in [0, 0.1) is 11.3 Å². The van der Waals surface area contributed by atoms with E-state index in [1.807, 2.05) is 0 Å². The van der Waals surface area contributed by atoms with Crippen molar-refractivity contribution in [2.75, 3.05) is 33.4 Å². The molecule has 14 heteroatoms. The maximum absolute atomic E-state index is 13.5. The normalized spacial score (nSPS) is 29.8. The van der Waals surface area contributed by atoms with Gasteiger partial charge in [0.1, 0.15) is 0 Å². The highest BCUT2D eigenvalue weighted by atomic mass is 19.4. The molecule has 1 aromatic carbocycles. The first-order valence-electron chi connectivity index (χ1n) is 12.2. The zero-order valence-corrected chi connectivity index (χ0v) is 20.6. The molecule has 212 valence electrons. The van der Waals surface area contributed by atoms with Crippen LogP contribution in [0.2, 0.25) is 0 Å². The molecule has 0 aromatic heterocycles. The summed E-state index contributed by atoms with van der Waals surface area (Å²) in [5, 5.41) is 6.06. The standard InChI is InChI=1S/C24H30F6N4O4/c1-37-19-11-38-3-2-18(19)33-17-7-16-10-34(21(31)36)12-22(16,8-17)20(35)32-9-13-4-14(23(25,26)27)6-15(5-13)24(28,29)30/h4-6,16-19,33H,2-3,7-12H2,1H3,(H2,31,36)(H,32,35)/t16-,17+,18?,19?,22-/m0/s1. The summed E-state index contributed by atoms with van der Waals surface area (Å²) in [5.74, 6) is -0.836. The van der Waals surface area contributed by atoms with Crippen LogP contribution in [0.15, 0.2) is 18.2 Å². The molecule has 3 aliphatic rings. The zero-order valence-electron chi connectivity index (χ0n) is 20.6. The largest absolute Gasteiger partial charge is 0.416 e. The Labute approximate surface area is 215 Å². The van der Waals surface area contributed by atoms with Gasteiger partial charge in [0.05, 0.1) is 29.3 Å². The number of primary amides is 1. The molecule has 0 radical (unpaired) electrons. The van der Waals surface area contributed by atoms with Crippen molar-refractivity contribution in [2.45, 2.75) is 56.3 Å². The molecule has 3 amide bonds. The summed E-state index contributed by atoms with van der Waals surface area (Å²) < 4.78 is 90.3. The van der Waals surface area contributed by atoms with Gasteiger partial charge in [-0.1, -0.05) is 0 Å². The SMILES string of the molecule is COC1COCCC1N[C@@H]1C[C@H]2CN(C(N)=O)C[C@@]2(C(=O)NCc2cc(C(F)(F)F)cc(C(F)(F)F)c2)C1. The van der Waals surface area contributed by atoms with Crippen LogP contribution in [0.5, 0.6) is 0 Å². The number of benzene rings is 1. The molecule has 1 aliphatic carbocycles. The summed E-state index contributed by atoms with van der Waals surface area (Å²) in [5.41, 5.74) is 1.12. The monoisotopic (exact) mass is 552 g/mol. The van der Waals surface area contributed by atoms with Gasteiger partial charge < -0.3 is 30.7 Å². The average Bonchev–Trinajstić information content (AvgIpc) is 3.37. The molecule has 1 saturated carbocycles. The van der Waals surface area contributed by atoms with Gasteiger partial charge in [-0.05, 0) is 48.9 Å². The fourth-order valence-corrected chi connectivity index (χ4v) is 5.93. The topological polar surface area (TPSA) is 106 Å². The number of nitrogens with two attached hydrogens (primary N) is 1. The molecular weight excluding hydrogens is 522 g/mol. The number of halogens is 6. The number of amides is 3. The van der Waals surface area contributed by atoms with Crippen LogP contribution >= 0.6 is 0 Å². The average molecular weight is 553 g/mol. The van der Waals surface area contributed by atoms with Gasteiger partial charge in [0, 0.05) is 45.4 Å². The van der Waals surface area contributed by atoms with E-state index in [-0.39, 0.29) is 48.8 Å². The second-order valence-corrected chi connectivity index (χ2v) is 10.2. The lowest BCUT2D eigenvalue weighted by Gasteiger charge is -2.34. The van der Waals surface area contributed by atoms with E-state index in [1.165, 1.54) is 4.90 Å². The first kappa shape index (κ1) is 28.4. The Hall–Kier alpha value is -2.58. The lowest BCUT2D eigenvalue weighted by molar-refractivity contribution is -0.143. The van der Waals surface area contributed by atoms with Gasteiger partial charge in [-0.15, -0.1) is 0 Å². The van der Waals surface area contributed by atoms with Crippen molar-refractivity contribution in [2.24, 2.45) is 17.1 Å². The number of hydrogen-bond donors (Lipinski definition) is 3. The molecule has 2 unspecified atom stereocenters. The molecule has 0 spiro atoms. The van der Waals surface area contributed by atoms with Crippen molar-refractivity contribution in [1.29, 1.82) is 0 Å². The summed E-state index contributed by atoms with van der Waals surface area (Å²) in [7, 11) is 1.58. The number of rotatable bonds is 6. The first-order chi connectivity index (χ1) is 17.7. The van der Waals surface area contributed by atoms with Crippen LogP contribution in [0.25, 0.3) is 0 Å². The maximum Gasteiger partial charge on any atom is 0.416 e. The van der Waals surface area contributed by atoms with Gasteiger partial charge in [0.15, 0.2) is 0 Å². The molecule has 0 bridgehead atoms. The molecule has 3 fully saturated rings. The summed E-state index contributed by atoms with van der Waals surface area (Å²) >= 11 is 0. The molecule has 4 rings (SSSR count). The fraction of sp³-hybridized carbons (Fsp3) is 0.667. The molecule has 8 nitrogen and oxygen atoms in total. The minimum absolute atomic E-state index is 0.00882. The number of hydrogen-bond acceptors (Lipinski definition) is 5. The highest BCUT2D eigenvalue weighted by Gasteiger charge is 2.58. The van der Waals surface area contributed by atoms with Crippen LogP contribution in [0.1, 0.15) is 36.0 Å². The van der Waals surface area contributed by atoms with Crippen molar-refractivity contribution in [1.82, 2.24) is 15.5 Å². The van der Waals surface area contributed by atoms with E-state index < -0.39 is 47.4 Å². The highest BCUT2D eigenvalue weighted by Crippen LogP contribution is 2.49. The fourth-order valence-electron chi connectivity index (χ4n) is 5.93. The Balaban J connectivity index is 1.52. The van der Waals surface area contributed by atoms with Crippen LogP contribution in [-0.4, -0.2) is 68.4 Å². The van der Waals surface area contributed by atoms with Crippen molar-refractivity contribution >= 4 is 11.9 Å². The number of carbonyl (C=O) groups excluding carboxylic acids is 2. The van der Waals surface area contributed by atoms with Gasteiger partial charge in [-0.3, -0.25) is 4.79 Å². The van der Waals surface area contributed by atoms with Gasteiger partial charge in [-0.25, -0.2) is 4.79 Å². The lowest BCUT2D eigenvalue weighted by atomic mass is 9.79. The number of nitrogens with one attached hydrogen (secondary N) is 2. The van der Waals surface area contributed by atoms with E-state index in [9.17, 15) is 35.9 Å². The number of urea groups is 1. The second kappa shape index (κ2) is 10.5. The Morgan fingerprint density at radius 2 is 1.82 bits per heavy atom. The van der Waals surface area contributed by atoms with E-state index in [0.717, 1.165) is 0 Å². The van der Waals surface area contributed by atoms with E-state index in [2.05, 4.69) is 10.6 Å². The Bertz CT molecular complexity index is 1020. The van der Waals surface area contributed by atoms with Crippen LogP contribution in [0.4, 0.5) is 31.1 Å². The molecule has 1 aromatic rings. The van der Waals surface area contributed by atoms with E-state index in [0.29, 0.717) is 44.6 Å². The minimum atomic E-state index is -4.99. The number of nitrogens with zero attached hydrogens (tertiary/aromatic N) is 1. The first-order valence-corrected chi connectivity index (χ1v) is 12.2. The van der Waals surface area contributed by atoms with Gasteiger partial charge in [0.25, 0.3) is 0 Å². The van der Waals surface area contributed by atoms with Crippen LogP contribution in [-0.2, 0) is 33.2 Å². The number of carbonyl (C=O) groups is 2. The lowest BCUT2D eigenvalue weighted by Crippen LogP contribution is -2.52. The third kappa shape index (κ3) is 5.86. The van der Waals surface area contributed by atoms with Crippen molar-refractivity contribution in [3.63, 3.8) is 0 Å². The molecule has 38 heavy (non-hydrogen) atoms. The van der Waals surface area contributed by atoms with Gasteiger partial charge in [0.2, 0.25) is 5.91 Å². The van der Waals surface area contributed by atoms with Crippen molar-refractivity contribution < 1.29 is 45.4 Å². The van der Waals surface area contributed by atoms with Crippen molar-refractivity contribution in [3.05, 3.63) is 34.9 Å². The molecular formula is C24H30F6N4O4. The summed E-state index contributed by atoms with van der Waals surface area (Å²) in [6.07, 6.45) is -8.62. The summed E-state index contributed by atoms with van der Waals surface area (Å²) in [6, 6.07) is 0.377. The third-order valence-electron chi connectivity index (χ3n) is 7.80. The Kier molecular flexibility index (Phi) is 7.88. The molecule has 5 atom stereocenters. The second-order valence-electron chi connectivity index (χ2n) is 10.2. The summed E-state index contributed by atoms with van der Waals surface area (Å²) in [4.78, 5) is 26.7. The predicted octanol–water partition coefficient (Wildman–Crippen LogP) is 2.89. The quantitative estimate of drug-likeness (QED) is 0.471. The Morgan fingerprint density at radius 3 is 2.39 bits per heavy atom. The maximum atomic E-state index is 13.5. The van der Waals surface area contributed by atoms with E-state index in [1.54, 1.807) is 7.11 Å². The highest BCUT2D eigenvalue weighted by molar-refractivity contribution is 5.86. The minimum Gasteiger partial charge on any atom is -0.379 e. The van der Waals surface area contributed by atoms with Crippen molar-refractivity contribution in [3.8, 4) is 0 Å². The van der Waals surface area contributed by atoms with Crippen LogP contribution in [0.3, 0.4) is 0 Å². The molecule has 2 saturated heterocycles. The summed E-state index contributed by atoms with van der Waals surface area (Å²) in [6.45, 7) is 0.660. The number of ether oxygens (including phenoxy) is 2. The number of fused-ring (bicyclic) bond motifs is 1. The molecule has 4 N–H and O–H groups in total. The Morgan fingerprint density at radius 1 is 1.16 bits per heavy atom. The number of alkyl halides is 6. The predicted molar refractivity (Wildman–Crippen MR) is 122 cm³/mol. The van der Waals surface area contributed by atoms with Gasteiger partial charge >= 0.3 is 18.4 Å². The number of likely N-dealkylation sites (tertiary alicyclic amines) is 1. The number of methoxy groups -OCH3 is 1. The van der Waals surface area contributed by atoms with E-state index in [4.69, 9.17) is 15.2 Å². The van der Waals surface area contributed by atoms with E-state index >= 15 is 0 Å². The smallest absolute Gasteiger partial charge is 0.379 e. The molecule has 2 heterocycles.